The number of non-ortho nitro benzene ring substituents is 1. The van der Waals surface area contributed by atoms with Crippen molar-refractivity contribution in [1.82, 2.24) is 0 Å². The van der Waals surface area contributed by atoms with E-state index in [1.807, 2.05) is 0 Å². The number of nitro groups is 1. The van der Waals surface area contributed by atoms with Gasteiger partial charge in [-0.1, -0.05) is 12.1 Å². The molecule has 2 aromatic carbocycles. The molecular weight excluding hydrogens is 356 g/mol. The Labute approximate surface area is 154 Å². The summed E-state index contributed by atoms with van der Waals surface area (Å²) in [7, 11) is 0. The minimum Gasteiger partial charge on any atom is -0.490 e. The van der Waals surface area contributed by atoms with E-state index in [0.29, 0.717) is 17.2 Å². The third-order valence-electron chi connectivity index (χ3n) is 3.76. The van der Waals surface area contributed by atoms with Crippen molar-refractivity contribution in [3.05, 3.63) is 58.6 Å². The second-order valence-corrected chi connectivity index (χ2v) is 5.56. The van der Waals surface area contributed by atoms with E-state index in [0.717, 1.165) is 0 Å². The van der Waals surface area contributed by atoms with Gasteiger partial charge in [-0.15, -0.1) is 0 Å². The van der Waals surface area contributed by atoms with Gasteiger partial charge in [0, 0.05) is 12.1 Å². The molecule has 2 aromatic rings. The number of ether oxygens (including phenoxy) is 3. The number of nitro benzene ring substituents is 1. The van der Waals surface area contributed by atoms with E-state index >= 15 is 0 Å². The largest absolute Gasteiger partial charge is 0.490 e. The third kappa shape index (κ3) is 4.51. The van der Waals surface area contributed by atoms with Crippen molar-refractivity contribution in [2.24, 2.45) is 0 Å². The number of hydrogen-bond acceptors (Lipinski definition) is 7. The molecule has 9 heteroatoms. The smallest absolute Gasteiger partial charge is 0.326 e. The Morgan fingerprint density at radius 1 is 1.15 bits per heavy atom. The molecule has 1 aliphatic heterocycles. The predicted octanol–water partition coefficient (Wildman–Crippen LogP) is 1.94. The van der Waals surface area contributed by atoms with Crippen molar-refractivity contribution in [1.29, 1.82) is 0 Å². The number of carbonyl (C=O) groups excluding carboxylic acids is 2. The molecule has 1 aliphatic rings. The molecule has 0 radical (unpaired) electrons. The molecular formula is C18H16N2O7. The molecule has 27 heavy (non-hydrogen) atoms. The summed E-state index contributed by atoms with van der Waals surface area (Å²) in [5.41, 5.74) is 0.483. The Hall–Kier alpha value is -3.62. The van der Waals surface area contributed by atoms with Crippen LogP contribution < -0.4 is 14.4 Å². The van der Waals surface area contributed by atoms with Gasteiger partial charge in [0.2, 0.25) is 0 Å². The Kier molecular flexibility index (Phi) is 5.50. The SMILES string of the molecule is O=C(CN1C(=O)COc2ccccc21)OCCOc1ccc([N+](=O)[O-])cc1. The van der Waals surface area contributed by atoms with E-state index in [1.54, 1.807) is 24.3 Å². The predicted molar refractivity (Wildman–Crippen MR) is 93.8 cm³/mol. The van der Waals surface area contributed by atoms with Gasteiger partial charge in [-0.05, 0) is 24.3 Å². The van der Waals surface area contributed by atoms with Gasteiger partial charge in [0.15, 0.2) is 6.61 Å². The Morgan fingerprint density at radius 2 is 1.89 bits per heavy atom. The van der Waals surface area contributed by atoms with Crippen LogP contribution in [-0.2, 0) is 14.3 Å². The van der Waals surface area contributed by atoms with Gasteiger partial charge in [-0.2, -0.15) is 0 Å². The van der Waals surface area contributed by atoms with Crippen LogP contribution in [0.15, 0.2) is 48.5 Å². The lowest BCUT2D eigenvalue weighted by Crippen LogP contribution is -2.42. The summed E-state index contributed by atoms with van der Waals surface area (Å²) in [5, 5.41) is 10.6. The van der Waals surface area contributed by atoms with Gasteiger partial charge in [-0.25, -0.2) is 0 Å². The molecule has 3 rings (SSSR count). The van der Waals surface area contributed by atoms with Gasteiger partial charge in [0.25, 0.3) is 11.6 Å². The Balaban J connectivity index is 1.46. The summed E-state index contributed by atoms with van der Waals surface area (Å²) in [4.78, 5) is 35.4. The van der Waals surface area contributed by atoms with Crippen LogP contribution in [0.5, 0.6) is 11.5 Å². The first kappa shape index (κ1) is 18.2. The lowest BCUT2D eigenvalue weighted by Gasteiger charge is -2.28. The summed E-state index contributed by atoms with van der Waals surface area (Å²) in [6.45, 7) is -0.294. The topological polar surface area (TPSA) is 108 Å². The first-order chi connectivity index (χ1) is 13.0. The summed E-state index contributed by atoms with van der Waals surface area (Å²) < 4.78 is 15.8. The molecule has 0 spiro atoms. The Bertz CT molecular complexity index is 851. The molecule has 140 valence electrons. The zero-order valence-corrected chi connectivity index (χ0v) is 14.2. The maximum Gasteiger partial charge on any atom is 0.326 e. The average Bonchev–Trinajstić information content (AvgIpc) is 2.68. The molecule has 1 amide bonds. The summed E-state index contributed by atoms with van der Waals surface area (Å²) >= 11 is 0. The molecule has 0 bridgehead atoms. The molecule has 0 saturated carbocycles. The van der Waals surface area contributed by atoms with E-state index in [4.69, 9.17) is 14.2 Å². The number of nitrogens with zero attached hydrogens (tertiary/aromatic N) is 2. The number of para-hydroxylation sites is 2. The minimum absolute atomic E-state index is 0.0179. The highest BCUT2D eigenvalue weighted by atomic mass is 16.6. The minimum atomic E-state index is -0.577. The fraction of sp³-hybridized carbons (Fsp3) is 0.222. The molecule has 9 nitrogen and oxygen atoms in total. The maximum absolute atomic E-state index is 12.0. The fourth-order valence-corrected chi connectivity index (χ4v) is 2.48. The first-order valence-corrected chi connectivity index (χ1v) is 8.09. The molecule has 0 N–H and O–H groups in total. The zero-order valence-electron chi connectivity index (χ0n) is 14.2. The summed E-state index contributed by atoms with van der Waals surface area (Å²) in [6.07, 6.45) is 0. The van der Waals surface area contributed by atoms with Crippen molar-refractivity contribution in [3.8, 4) is 11.5 Å². The number of fused-ring (bicyclic) bond motifs is 1. The van der Waals surface area contributed by atoms with Crippen molar-refractivity contribution in [2.75, 3.05) is 31.3 Å². The lowest BCUT2D eigenvalue weighted by molar-refractivity contribution is -0.384. The van der Waals surface area contributed by atoms with E-state index in [9.17, 15) is 19.7 Å². The second kappa shape index (κ2) is 8.17. The standard InChI is InChI=1S/C18H16N2O7/c21-17-12-27-16-4-2-1-3-15(16)19(17)11-18(22)26-10-9-25-14-7-5-13(6-8-14)20(23)24/h1-8H,9-12H2. The van der Waals surface area contributed by atoms with Crippen LogP contribution >= 0.6 is 0 Å². The number of esters is 1. The van der Waals surface area contributed by atoms with E-state index in [2.05, 4.69) is 0 Å². The van der Waals surface area contributed by atoms with Crippen molar-refractivity contribution in [2.45, 2.75) is 0 Å². The summed E-state index contributed by atoms with van der Waals surface area (Å²) in [6, 6.07) is 12.5. The normalized spacial score (nSPS) is 12.7. The van der Waals surface area contributed by atoms with Crippen LogP contribution in [0, 0.1) is 10.1 Å². The van der Waals surface area contributed by atoms with Crippen LogP contribution in [0.25, 0.3) is 0 Å². The van der Waals surface area contributed by atoms with Gasteiger partial charge in [0.1, 0.15) is 31.3 Å². The van der Waals surface area contributed by atoms with Crippen LogP contribution in [0.4, 0.5) is 11.4 Å². The number of rotatable bonds is 7. The van der Waals surface area contributed by atoms with Crippen LogP contribution in [0.3, 0.4) is 0 Å². The molecule has 1 heterocycles. The average molecular weight is 372 g/mol. The van der Waals surface area contributed by atoms with Crippen molar-refractivity contribution >= 4 is 23.3 Å². The van der Waals surface area contributed by atoms with Crippen LogP contribution in [0.2, 0.25) is 0 Å². The highest BCUT2D eigenvalue weighted by molar-refractivity contribution is 6.01. The monoisotopic (exact) mass is 372 g/mol. The number of carbonyl (C=O) groups is 2. The molecule has 0 aromatic heterocycles. The van der Waals surface area contributed by atoms with Crippen LogP contribution in [0.1, 0.15) is 0 Å². The summed E-state index contributed by atoms with van der Waals surface area (Å²) in [5.74, 6) is 0.0560. The van der Waals surface area contributed by atoms with Gasteiger partial charge < -0.3 is 14.2 Å². The fourth-order valence-electron chi connectivity index (χ4n) is 2.48. The highest BCUT2D eigenvalue weighted by Crippen LogP contribution is 2.31. The maximum atomic E-state index is 12.0. The zero-order chi connectivity index (χ0) is 19.2. The van der Waals surface area contributed by atoms with Gasteiger partial charge in [0.05, 0.1) is 10.6 Å². The number of benzene rings is 2. The molecule has 0 atom stereocenters. The number of anilines is 1. The number of hydrogen-bond donors (Lipinski definition) is 0. The second-order valence-electron chi connectivity index (χ2n) is 5.56. The molecule has 0 fully saturated rings. The highest BCUT2D eigenvalue weighted by Gasteiger charge is 2.27. The quantitative estimate of drug-likeness (QED) is 0.316. The Morgan fingerprint density at radius 3 is 2.63 bits per heavy atom. The van der Waals surface area contributed by atoms with E-state index in [-0.39, 0.29) is 38.0 Å². The van der Waals surface area contributed by atoms with E-state index < -0.39 is 10.9 Å². The molecule has 0 saturated heterocycles. The number of amides is 1. The van der Waals surface area contributed by atoms with Crippen LogP contribution in [-0.4, -0.2) is 43.2 Å². The molecule has 0 aliphatic carbocycles. The third-order valence-corrected chi connectivity index (χ3v) is 3.76. The van der Waals surface area contributed by atoms with E-state index in [1.165, 1.54) is 29.2 Å². The van der Waals surface area contributed by atoms with Gasteiger partial charge in [-0.3, -0.25) is 24.6 Å². The lowest BCUT2D eigenvalue weighted by atomic mass is 10.2. The van der Waals surface area contributed by atoms with Crippen molar-refractivity contribution in [3.63, 3.8) is 0 Å². The van der Waals surface area contributed by atoms with Crippen molar-refractivity contribution < 1.29 is 28.7 Å². The first-order valence-electron chi connectivity index (χ1n) is 8.09. The molecule has 0 unspecified atom stereocenters. The van der Waals surface area contributed by atoms with Gasteiger partial charge >= 0.3 is 5.97 Å².